The molecular weight excluding hydrogens is 266 g/mol. The molecule has 0 aliphatic carbocycles. The van der Waals surface area contributed by atoms with E-state index >= 15 is 0 Å². The maximum absolute atomic E-state index is 12.3. The fourth-order valence-corrected chi connectivity index (χ4v) is 1.81. The molecule has 6 heteroatoms. The van der Waals surface area contributed by atoms with Crippen molar-refractivity contribution >= 4 is 5.91 Å². The van der Waals surface area contributed by atoms with Gasteiger partial charge in [0.05, 0.1) is 0 Å². The van der Waals surface area contributed by atoms with Gasteiger partial charge >= 0.3 is 6.61 Å². The number of carbonyl (C=O) groups is 1. The van der Waals surface area contributed by atoms with Crippen LogP contribution in [0.4, 0.5) is 8.78 Å². The summed E-state index contributed by atoms with van der Waals surface area (Å²) in [6, 6.07) is 3.25. The lowest BCUT2D eigenvalue weighted by atomic mass is 10.1. The smallest absolute Gasteiger partial charge is 0.387 e. The minimum atomic E-state index is -2.87. The Labute approximate surface area is 117 Å². The minimum Gasteiger partial charge on any atom is -0.434 e. The molecule has 0 heterocycles. The van der Waals surface area contributed by atoms with Gasteiger partial charge in [0.25, 0.3) is 5.91 Å². The van der Waals surface area contributed by atoms with E-state index in [4.69, 9.17) is 0 Å². The molecule has 0 fully saturated rings. The van der Waals surface area contributed by atoms with E-state index in [9.17, 15) is 13.6 Å². The molecule has 0 radical (unpaired) electrons. The second kappa shape index (κ2) is 7.19. The molecule has 1 atom stereocenters. The third-order valence-electron chi connectivity index (χ3n) is 2.99. The lowest BCUT2D eigenvalue weighted by Gasteiger charge is -2.14. The summed E-state index contributed by atoms with van der Waals surface area (Å²) >= 11 is 0. The molecule has 1 aromatic carbocycles. The second-order valence-corrected chi connectivity index (χ2v) is 4.72. The van der Waals surface area contributed by atoms with Gasteiger partial charge in [0.2, 0.25) is 0 Å². The molecule has 112 valence electrons. The summed E-state index contributed by atoms with van der Waals surface area (Å²) in [6.07, 6.45) is 0. The first kappa shape index (κ1) is 16.4. The maximum Gasteiger partial charge on any atom is 0.387 e. The molecule has 0 aromatic heterocycles. The first-order valence-electron chi connectivity index (χ1n) is 6.36. The van der Waals surface area contributed by atoms with Crippen LogP contribution in [0.5, 0.6) is 5.75 Å². The van der Waals surface area contributed by atoms with Crippen molar-refractivity contribution in [3.05, 3.63) is 28.8 Å². The Morgan fingerprint density at radius 2 is 1.85 bits per heavy atom. The molecule has 2 N–H and O–H groups in total. The van der Waals surface area contributed by atoms with Crippen LogP contribution in [-0.2, 0) is 0 Å². The van der Waals surface area contributed by atoms with Crippen LogP contribution in [0, 0.1) is 13.8 Å². The summed E-state index contributed by atoms with van der Waals surface area (Å²) < 4.78 is 29.0. The molecule has 0 bridgehead atoms. The molecule has 0 spiro atoms. The summed E-state index contributed by atoms with van der Waals surface area (Å²) in [6.45, 7) is 2.83. The minimum absolute atomic E-state index is 0.125. The van der Waals surface area contributed by atoms with Gasteiger partial charge in [0.1, 0.15) is 5.75 Å². The second-order valence-electron chi connectivity index (χ2n) is 4.72. The van der Waals surface area contributed by atoms with Gasteiger partial charge in [-0.2, -0.15) is 8.78 Å². The zero-order chi connectivity index (χ0) is 15.3. The van der Waals surface area contributed by atoms with Gasteiger partial charge in [0, 0.05) is 18.2 Å². The summed E-state index contributed by atoms with van der Waals surface area (Å²) in [5, 5.41) is 5.78. The highest BCUT2D eigenvalue weighted by Gasteiger charge is 2.14. The normalized spacial score (nSPS) is 12.3. The third kappa shape index (κ3) is 4.45. The number of benzene rings is 1. The first-order valence-corrected chi connectivity index (χ1v) is 6.36. The molecule has 0 aliphatic heterocycles. The Balaban J connectivity index is 2.85. The van der Waals surface area contributed by atoms with Gasteiger partial charge in [-0.25, -0.2) is 0 Å². The van der Waals surface area contributed by atoms with Crippen LogP contribution in [0.1, 0.15) is 28.4 Å². The average molecular weight is 286 g/mol. The van der Waals surface area contributed by atoms with Crippen LogP contribution in [0.2, 0.25) is 0 Å². The zero-order valence-corrected chi connectivity index (χ0v) is 12.1. The SMILES string of the molecule is CNC(C)CNC(=O)c1cc(C)c(OC(F)F)c(C)c1. The van der Waals surface area contributed by atoms with Crippen molar-refractivity contribution in [3.63, 3.8) is 0 Å². The molecule has 1 aromatic rings. The standard InChI is InChI=1S/C14H20F2N2O2/c1-8-5-11(13(19)18-7-10(3)17-4)6-9(2)12(8)20-14(15)16/h5-6,10,14,17H,7H2,1-4H3,(H,18,19). The quantitative estimate of drug-likeness (QED) is 0.843. The third-order valence-corrected chi connectivity index (χ3v) is 2.99. The molecule has 0 aliphatic rings. The molecular formula is C14H20F2N2O2. The Bertz CT molecular complexity index is 455. The van der Waals surface area contributed by atoms with Crippen molar-refractivity contribution in [3.8, 4) is 5.75 Å². The highest BCUT2D eigenvalue weighted by molar-refractivity contribution is 5.94. The average Bonchev–Trinajstić information content (AvgIpc) is 2.39. The van der Waals surface area contributed by atoms with Gasteiger partial charge in [0.15, 0.2) is 0 Å². The van der Waals surface area contributed by atoms with Gasteiger partial charge in [-0.15, -0.1) is 0 Å². The van der Waals surface area contributed by atoms with Crippen molar-refractivity contribution in [2.75, 3.05) is 13.6 Å². The highest BCUT2D eigenvalue weighted by atomic mass is 19.3. The predicted octanol–water partition coefficient (Wildman–Crippen LogP) is 2.24. The van der Waals surface area contributed by atoms with Crippen molar-refractivity contribution in [2.24, 2.45) is 0 Å². The molecule has 1 rings (SSSR count). The number of aryl methyl sites for hydroxylation is 2. The van der Waals surface area contributed by atoms with Gasteiger partial charge in [-0.05, 0) is 51.1 Å². The number of alkyl halides is 2. The monoisotopic (exact) mass is 286 g/mol. The largest absolute Gasteiger partial charge is 0.434 e. The number of nitrogens with one attached hydrogen (secondary N) is 2. The predicted molar refractivity (Wildman–Crippen MR) is 73.4 cm³/mol. The first-order chi connectivity index (χ1) is 9.35. The van der Waals surface area contributed by atoms with Gasteiger partial charge < -0.3 is 15.4 Å². The number of hydrogen-bond acceptors (Lipinski definition) is 3. The molecule has 0 saturated carbocycles. The van der Waals surface area contributed by atoms with Crippen molar-refractivity contribution in [1.82, 2.24) is 10.6 Å². The van der Waals surface area contributed by atoms with E-state index in [1.165, 1.54) is 0 Å². The number of hydrogen-bond donors (Lipinski definition) is 2. The zero-order valence-electron chi connectivity index (χ0n) is 12.1. The molecule has 20 heavy (non-hydrogen) atoms. The number of likely N-dealkylation sites (N-methyl/N-ethyl adjacent to an activating group) is 1. The number of ether oxygens (including phenoxy) is 1. The van der Waals surface area contributed by atoms with Crippen molar-refractivity contribution < 1.29 is 18.3 Å². The van der Waals surface area contributed by atoms with Crippen LogP contribution in [0.15, 0.2) is 12.1 Å². The van der Waals surface area contributed by atoms with Crippen molar-refractivity contribution in [2.45, 2.75) is 33.4 Å². The fourth-order valence-electron chi connectivity index (χ4n) is 1.81. The summed E-state index contributed by atoms with van der Waals surface area (Å²) in [5.41, 5.74) is 1.46. The Hall–Kier alpha value is -1.69. The van der Waals surface area contributed by atoms with E-state index in [-0.39, 0.29) is 17.7 Å². The summed E-state index contributed by atoms with van der Waals surface area (Å²) in [7, 11) is 1.81. The Morgan fingerprint density at radius 3 is 2.30 bits per heavy atom. The number of halogens is 2. The molecule has 1 unspecified atom stereocenters. The fraction of sp³-hybridized carbons (Fsp3) is 0.500. The number of rotatable bonds is 6. The van der Waals surface area contributed by atoms with E-state index < -0.39 is 6.61 Å². The van der Waals surface area contributed by atoms with Gasteiger partial charge in [-0.1, -0.05) is 0 Å². The number of carbonyl (C=O) groups excluding carboxylic acids is 1. The highest BCUT2D eigenvalue weighted by Crippen LogP contribution is 2.26. The van der Waals surface area contributed by atoms with E-state index in [1.54, 1.807) is 26.0 Å². The lowest BCUT2D eigenvalue weighted by molar-refractivity contribution is -0.0507. The molecule has 1 amide bonds. The summed E-state index contributed by atoms with van der Waals surface area (Å²) in [5.74, 6) is -0.109. The lowest BCUT2D eigenvalue weighted by Crippen LogP contribution is -2.37. The van der Waals surface area contributed by atoms with Crippen molar-refractivity contribution in [1.29, 1.82) is 0 Å². The van der Waals surface area contributed by atoms with E-state index in [0.717, 1.165) is 0 Å². The maximum atomic E-state index is 12.3. The van der Waals surface area contributed by atoms with E-state index in [2.05, 4.69) is 15.4 Å². The van der Waals surface area contributed by atoms with Crippen LogP contribution in [-0.4, -0.2) is 32.2 Å². The van der Waals surface area contributed by atoms with Crippen LogP contribution < -0.4 is 15.4 Å². The van der Waals surface area contributed by atoms with E-state index in [0.29, 0.717) is 23.2 Å². The van der Waals surface area contributed by atoms with Crippen LogP contribution >= 0.6 is 0 Å². The molecule has 4 nitrogen and oxygen atoms in total. The number of amides is 1. The van der Waals surface area contributed by atoms with Gasteiger partial charge in [-0.3, -0.25) is 4.79 Å². The Kier molecular flexibility index (Phi) is 5.88. The summed E-state index contributed by atoms with van der Waals surface area (Å²) in [4.78, 5) is 12.0. The van der Waals surface area contributed by atoms with Crippen LogP contribution in [0.25, 0.3) is 0 Å². The van der Waals surface area contributed by atoms with E-state index in [1.807, 2.05) is 14.0 Å². The molecule has 0 saturated heterocycles. The topological polar surface area (TPSA) is 50.4 Å². The Morgan fingerprint density at radius 1 is 1.30 bits per heavy atom. The van der Waals surface area contributed by atoms with Crippen LogP contribution in [0.3, 0.4) is 0 Å².